The first kappa shape index (κ1) is 12.8. The Hall–Kier alpha value is -1.62. The maximum atomic E-state index is 10.9. The third-order valence-electron chi connectivity index (χ3n) is 2.70. The Bertz CT molecular complexity index is 573. The van der Waals surface area contributed by atoms with Crippen LogP contribution in [0, 0.1) is 0 Å². The summed E-state index contributed by atoms with van der Waals surface area (Å²) in [5.41, 5.74) is 2.10. The maximum absolute atomic E-state index is 10.9. The lowest BCUT2D eigenvalue weighted by Crippen LogP contribution is -2.01. The second-order valence-corrected chi connectivity index (χ2v) is 5.18. The van der Waals surface area contributed by atoms with E-state index in [2.05, 4.69) is 34.9 Å². The summed E-state index contributed by atoms with van der Waals surface area (Å²) in [6, 6.07) is 7.91. The van der Waals surface area contributed by atoms with Crippen LogP contribution >= 0.6 is 15.9 Å². The molecule has 0 spiro atoms. The van der Waals surface area contributed by atoms with Crippen molar-refractivity contribution in [1.82, 2.24) is 9.78 Å². The van der Waals surface area contributed by atoms with E-state index in [4.69, 9.17) is 5.11 Å². The minimum absolute atomic E-state index is 0.0166. The summed E-state index contributed by atoms with van der Waals surface area (Å²) in [6.45, 7) is 4.25. The van der Waals surface area contributed by atoms with E-state index in [9.17, 15) is 4.79 Å². The molecule has 0 aliphatic heterocycles. The number of carboxylic acid groups (broad SMARTS) is 1. The van der Waals surface area contributed by atoms with Gasteiger partial charge in [0.15, 0.2) is 5.69 Å². The molecule has 1 heterocycles. The van der Waals surface area contributed by atoms with Crippen LogP contribution in [-0.4, -0.2) is 20.9 Å². The molecule has 0 saturated carbocycles. The van der Waals surface area contributed by atoms with Crippen molar-refractivity contribution in [2.45, 2.75) is 19.8 Å². The minimum Gasteiger partial charge on any atom is -0.476 e. The predicted molar refractivity (Wildman–Crippen MR) is 72.3 cm³/mol. The summed E-state index contributed by atoms with van der Waals surface area (Å²) in [5.74, 6) is -0.572. The van der Waals surface area contributed by atoms with Crippen molar-refractivity contribution in [3.63, 3.8) is 0 Å². The first-order chi connectivity index (χ1) is 8.49. The smallest absolute Gasteiger partial charge is 0.357 e. The number of benzene rings is 1. The largest absolute Gasteiger partial charge is 0.476 e. The maximum Gasteiger partial charge on any atom is 0.357 e. The summed E-state index contributed by atoms with van der Waals surface area (Å²) in [7, 11) is 0. The fourth-order valence-corrected chi connectivity index (χ4v) is 2.08. The SMILES string of the molecule is CC(C)c1ccc(-n2cc(Br)c(C(=O)O)n2)cc1. The van der Waals surface area contributed by atoms with Crippen molar-refractivity contribution >= 4 is 21.9 Å². The topological polar surface area (TPSA) is 55.1 Å². The van der Waals surface area contributed by atoms with Crippen LogP contribution < -0.4 is 0 Å². The molecule has 18 heavy (non-hydrogen) atoms. The molecule has 0 fully saturated rings. The van der Waals surface area contributed by atoms with Gasteiger partial charge in [0.2, 0.25) is 0 Å². The minimum atomic E-state index is -1.04. The standard InChI is InChI=1S/C13H13BrN2O2/c1-8(2)9-3-5-10(6-4-9)16-7-11(14)12(15-16)13(17)18/h3-8H,1-2H3,(H,17,18). The number of halogens is 1. The van der Waals surface area contributed by atoms with Gasteiger partial charge >= 0.3 is 5.97 Å². The van der Waals surface area contributed by atoms with E-state index in [0.717, 1.165) is 5.69 Å². The van der Waals surface area contributed by atoms with Gasteiger partial charge in [0.25, 0.3) is 0 Å². The van der Waals surface area contributed by atoms with Crippen LogP contribution in [0.2, 0.25) is 0 Å². The zero-order chi connectivity index (χ0) is 13.3. The molecule has 0 aliphatic rings. The number of nitrogens with zero attached hydrogens (tertiary/aromatic N) is 2. The number of aromatic nitrogens is 2. The Morgan fingerprint density at radius 1 is 1.33 bits per heavy atom. The van der Waals surface area contributed by atoms with Gasteiger partial charge in [0, 0.05) is 6.20 Å². The number of carboxylic acids is 1. The molecule has 1 aromatic heterocycles. The van der Waals surface area contributed by atoms with E-state index in [1.165, 1.54) is 5.56 Å². The number of rotatable bonds is 3. The molecule has 1 N–H and O–H groups in total. The van der Waals surface area contributed by atoms with Crippen molar-refractivity contribution in [2.24, 2.45) is 0 Å². The van der Waals surface area contributed by atoms with Crippen molar-refractivity contribution in [2.75, 3.05) is 0 Å². The third kappa shape index (κ3) is 2.46. The molecule has 0 aliphatic carbocycles. The van der Waals surface area contributed by atoms with E-state index in [0.29, 0.717) is 10.4 Å². The Morgan fingerprint density at radius 3 is 2.39 bits per heavy atom. The van der Waals surface area contributed by atoms with E-state index < -0.39 is 5.97 Å². The quantitative estimate of drug-likeness (QED) is 0.944. The number of carbonyl (C=O) groups is 1. The van der Waals surface area contributed by atoms with Gasteiger partial charge in [-0.05, 0) is 39.5 Å². The summed E-state index contributed by atoms with van der Waals surface area (Å²) in [6.07, 6.45) is 1.65. The van der Waals surface area contributed by atoms with Crippen LogP contribution in [0.15, 0.2) is 34.9 Å². The Kier molecular flexibility index (Phi) is 3.52. The molecule has 0 unspecified atom stereocenters. The van der Waals surface area contributed by atoms with E-state index in [1.807, 2.05) is 24.3 Å². The van der Waals surface area contributed by atoms with Crippen molar-refractivity contribution in [3.05, 3.63) is 46.2 Å². The summed E-state index contributed by atoms with van der Waals surface area (Å²) in [5, 5.41) is 13.0. The number of hydrogen-bond donors (Lipinski definition) is 1. The fraction of sp³-hybridized carbons (Fsp3) is 0.231. The van der Waals surface area contributed by atoms with Crippen LogP contribution in [0.4, 0.5) is 0 Å². The van der Waals surface area contributed by atoms with Crippen LogP contribution in [0.5, 0.6) is 0 Å². The monoisotopic (exact) mass is 308 g/mol. The Balaban J connectivity index is 2.37. The normalized spacial score (nSPS) is 10.9. The second-order valence-electron chi connectivity index (χ2n) is 4.32. The summed E-state index contributed by atoms with van der Waals surface area (Å²) in [4.78, 5) is 10.9. The van der Waals surface area contributed by atoms with Crippen LogP contribution in [0.1, 0.15) is 35.8 Å². The van der Waals surface area contributed by atoms with E-state index >= 15 is 0 Å². The zero-order valence-electron chi connectivity index (χ0n) is 10.1. The first-order valence-electron chi connectivity index (χ1n) is 5.58. The lowest BCUT2D eigenvalue weighted by atomic mass is 10.0. The highest BCUT2D eigenvalue weighted by molar-refractivity contribution is 9.10. The van der Waals surface area contributed by atoms with Gasteiger partial charge in [-0.25, -0.2) is 9.48 Å². The molecule has 2 aromatic rings. The van der Waals surface area contributed by atoms with Crippen LogP contribution in [0.3, 0.4) is 0 Å². The van der Waals surface area contributed by atoms with E-state index in [1.54, 1.807) is 10.9 Å². The highest BCUT2D eigenvalue weighted by atomic mass is 79.9. The molecular formula is C13H13BrN2O2. The highest BCUT2D eigenvalue weighted by Crippen LogP contribution is 2.20. The lowest BCUT2D eigenvalue weighted by molar-refractivity contribution is 0.0689. The van der Waals surface area contributed by atoms with Crippen molar-refractivity contribution in [3.8, 4) is 5.69 Å². The number of aromatic carboxylic acids is 1. The van der Waals surface area contributed by atoms with Gasteiger partial charge < -0.3 is 5.11 Å². The Labute approximate surface area is 113 Å². The van der Waals surface area contributed by atoms with Gasteiger partial charge in [-0.1, -0.05) is 26.0 Å². The van der Waals surface area contributed by atoms with Crippen LogP contribution in [-0.2, 0) is 0 Å². The second kappa shape index (κ2) is 4.94. The molecule has 4 nitrogen and oxygen atoms in total. The molecule has 1 aromatic carbocycles. The van der Waals surface area contributed by atoms with E-state index in [-0.39, 0.29) is 5.69 Å². The van der Waals surface area contributed by atoms with Gasteiger partial charge in [-0.2, -0.15) is 5.10 Å². The molecule has 5 heteroatoms. The van der Waals surface area contributed by atoms with Crippen LogP contribution in [0.25, 0.3) is 5.69 Å². The summed E-state index contributed by atoms with van der Waals surface area (Å²) < 4.78 is 2.03. The van der Waals surface area contributed by atoms with Crippen molar-refractivity contribution in [1.29, 1.82) is 0 Å². The highest BCUT2D eigenvalue weighted by Gasteiger charge is 2.14. The predicted octanol–water partition coefficient (Wildman–Crippen LogP) is 3.46. The first-order valence-corrected chi connectivity index (χ1v) is 6.37. The average molecular weight is 309 g/mol. The van der Waals surface area contributed by atoms with Gasteiger partial charge in [-0.15, -0.1) is 0 Å². The molecule has 0 bridgehead atoms. The molecule has 94 valence electrons. The van der Waals surface area contributed by atoms with Gasteiger partial charge in [0.05, 0.1) is 10.2 Å². The summed E-state index contributed by atoms with van der Waals surface area (Å²) >= 11 is 3.19. The van der Waals surface area contributed by atoms with Crippen molar-refractivity contribution < 1.29 is 9.90 Å². The molecule has 0 atom stereocenters. The molecule has 0 radical (unpaired) electrons. The lowest BCUT2D eigenvalue weighted by Gasteiger charge is -2.06. The third-order valence-corrected chi connectivity index (χ3v) is 3.28. The fourth-order valence-electron chi connectivity index (χ4n) is 1.64. The van der Waals surface area contributed by atoms with Gasteiger partial charge in [0.1, 0.15) is 0 Å². The average Bonchev–Trinajstić information content (AvgIpc) is 2.71. The molecule has 2 rings (SSSR count). The Morgan fingerprint density at radius 2 is 1.94 bits per heavy atom. The zero-order valence-corrected chi connectivity index (χ0v) is 11.7. The molecular weight excluding hydrogens is 296 g/mol. The molecule has 0 saturated heterocycles. The number of hydrogen-bond acceptors (Lipinski definition) is 2. The molecule has 0 amide bonds. The van der Waals surface area contributed by atoms with Gasteiger partial charge in [-0.3, -0.25) is 0 Å².